The quantitative estimate of drug-likeness (QED) is 0.434. The van der Waals surface area contributed by atoms with E-state index in [0.717, 1.165) is 19.3 Å². The van der Waals surface area contributed by atoms with Gasteiger partial charge in [0.2, 0.25) is 11.8 Å². The highest BCUT2D eigenvalue weighted by Crippen LogP contribution is 2.34. The maximum atomic E-state index is 11.7. The summed E-state index contributed by atoms with van der Waals surface area (Å²) < 4.78 is 5.82. The molecule has 3 saturated heterocycles. The van der Waals surface area contributed by atoms with Gasteiger partial charge in [-0.1, -0.05) is 0 Å². The minimum absolute atomic E-state index is 0.0671. The highest BCUT2D eigenvalue weighted by atomic mass is 16.5. The lowest BCUT2D eigenvalue weighted by molar-refractivity contribution is -0.147. The molecule has 122 valence electrons. The molecule has 3 rings (SSSR count). The molecule has 0 aromatic rings. The number of hydrogen-bond donors (Lipinski definition) is 2. The second-order valence-electron chi connectivity index (χ2n) is 6.15. The first-order valence-electron chi connectivity index (χ1n) is 8.13. The van der Waals surface area contributed by atoms with Gasteiger partial charge in [0, 0.05) is 33.0 Å². The number of aliphatic imine (C=N–C) groups is 1. The Bertz CT molecular complexity index is 463. The van der Waals surface area contributed by atoms with E-state index in [2.05, 4.69) is 15.6 Å². The molecule has 2 amide bonds. The zero-order valence-electron chi connectivity index (χ0n) is 13.0. The van der Waals surface area contributed by atoms with E-state index in [0.29, 0.717) is 50.5 Å². The standard InChI is InChI=1S/C15H24N4O3/c1-16-15(18-11-9-10-5-6-12(11)22-10)17-7-8-19-13(20)3-2-4-14(19)21/h10-12H,2-9H2,1H3,(H2,16,17,18). The van der Waals surface area contributed by atoms with Gasteiger partial charge in [-0.3, -0.25) is 19.5 Å². The summed E-state index contributed by atoms with van der Waals surface area (Å²) in [7, 11) is 1.72. The molecule has 3 fully saturated rings. The number of piperidine rings is 1. The fourth-order valence-electron chi connectivity index (χ4n) is 3.50. The first-order valence-corrected chi connectivity index (χ1v) is 8.13. The van der Waals surface area contributed by atoms with Crippen LogP contribution in [0.1, 0.15) is 38.5 Å². The molecule has 2 bridgehead atoms. The van der Waals surface area contributed by atoms with Gasteiger partial charge in [0.1, 0.15) is 0 Å². The number of rotatable bonds is 4. The van der Waals surface area contributed by atoms with Crippen LogP contribution in [0, 0.1) is 0 Å². The van der Waals surface area contributed by atoms with E-state index in [1.165, 1.54) is 4.90 Å². The van der Waals surface area contributed by atoms with Crippen molar-refractivity contribution in [1.82, 2.24) is 15.5 Å². The van der Waals surface area contributed by atoms with Gasteiger partial charge in [0.05, 0.1) is 18.2 Å². The predicted molar refractivity (Wildman–Crippen MR) is 81.4 cm³/mol. The average Bonchev–Trinajstić information content (AvgIpc) is 3.11. The van der Waals surface area contributed by atoms with E-state index < -0.39 is 0 Å². The third-order valence-corrected chi connectivity index (χ3v) is 4.66. The van der Waals surface area contributed by atoms with Gasteiger partial charge in [0.25, 0.3) is 0 Å². The van der Waals surface area contributed by atoms with Crippen molar-refractivity contribution in [3.8, 4) is 0 Å². The number of guanidine groups is 1. The second kappa shape index (κ2) is 6.64. The Morgan fingerprint density at radius 3 is 2.68 bits per heavy atom. The number of amides is 2. The Hall–Kier alpha value is -1.63. The molecule has 7 nitrogen and oxygen atoms in total. The van der Waals surface area contributed by atoms with Crippen molar-refractivity contribution in [2.75, 3.05) is 20.1 Å². The fourth-order valence-corrected chi connectivity index (χ4v) is 3.50. The zero-order valence-corrected chi connectivity index (χ0v) is 13.0. The van der Waals surface area contributed by atoms with Gasteiger partial charge >= 0.3 is 0 Å². The number of carbonyl (C=O) groups excluding carboxylic acids is 2. The normalized spacial score (nSPS) is 31.8. The Morgan fingerprint density at radius 1 is 1.32 bits per heavy atom. The molecule has 0 radical (unpaired) electrons. The van der Waals surface area contributed by atoms with Crippen molar-refractivity contribution in [2.45, 2.75) is 56.8 Å². The Morgan fingerprint density at radius 2 is 2.09 bits per heavy atom. The smallest absolute Gasteiger partial charge is 0.229 e. The summed E-state index contributed by atoms with van der Waals surface area (Å²) in [6, 6.07) is 0.309. The molecular weight excluding hydrogens is 284 g/mol. The molecule has 2 N–H and O–H groups in total. The van der Waals surface area contributed by atoms with Crippen LogP contribution < -0.4 is 10.6 Å². The van der Waals surface area contributed by atoms with Crippen LogP contribution in [0.15, 0.2) is 4.99 Å². The molecule has 3 aliphatic rings. The zero-order chi connectivity index (χ0) is 15.5. The number of likely N-dealkylation sites (tertiary alicyclic amines) is 1. The van der Waals surface area contributed by atoms with Crippen LogP contribution in [0.4, 0.5) is 0 Å². The highest BCUT2D eigenvalue weighted by Gasteiger charge is 2.41. The molecule has 0 aromatic carbocycles. The first-order chi connectivity index (χ1) is 10.7. The minimum Gasteiger partial charge on any atom is -0.373 e. The largest absolute Gasteiger partial charge is 0.373 e. The maximum absolute atomic E-state index is 11.7. The summed E-state index contributed by atoms with van der Waals surface area (Å²) >= 11 is 0. The third-order valence-electron chi connectivity index (χ3n) is 4.66. The molecule has 3 unspecified atom stereocenters. The average molecular weight is 308 g/mol. The number of carbonyl (C=O) groups is 2. The summed E-state index contributed by atoms with van der Waals surface area (Å²) in [6.45, 7) is 0.907. The van der Waals surface area contributed by atoms with E-state index in [1.54, 1.807) is 7.05 Å². The Balaban J connectivity index is 1.43. The van der Waals surface area contributed by atoms with Crippen LogP contribution in [-0.4, -0.2) is 61.1 Å². The summed E-state index contributed by atoms with van der Waals surface area (Å²) in [5.41, 5.74) is 0. The van der Waals surface area contributed by atoms with Gasteiger partial charge in [-0.25, -0.2) is 0 Å². The summed E-state index contributed by atoms with van der Waals surface area (Å²) in [5, 5.41) is 6.56. The lowest BCUT2D eigenvalue weighted by Crippen LogP contribution is -2.50. The molecule has 7 heteroatoms. The monoisotopic (exact) mass is 308 g/mol. The number of fused-ring (bicyclic) bond motifs is 2. The molecule has 0 spiro atoms. The van der Waals surface area contributed by atoms with Crippen LogP contribution in [0.3, 0.4) is 0 Å². The van der Waals surface area contributed by atoms with E-state index in [9.17, 15) is 9.59 Å². The molecule has 0 aliphatic carbocycles. The molecular formula is C15H24N4O3. The van der Waals surface area contributed by atoms with Gasteiger partial charge in [-0.05, 0) is 25.7 Å². The topological polar surface area (TPSA) is 83.0 Å². The fraction of sp³-hybridized carbons (Fsp3) is 0.800. The first kappa shape index (κ1) is 15.3. The molecule has 0 aromatic heterocycles. The molecule has 3 atom stereocenters. The number of nitrogens with one attached hydrogen (secondary N) is 2. The highest BCUT2D eigenvalue weighted by molar-refractivity contribution is 5.97. The number of nitrogens with zero attached hydrogens (tertiary/aromatic N) is 2. The van der Waals surface area contributed by atoms with Crippen LogP contribution in [0.2, 0.25) is 0 Å². The van der Waals surface area contributed by atoms with E-state index in [-0.39, 0.29) is 17.9 Å². The predicted octanol–water partition coefficient (Wildman–Crippen LogP) is 0.0104. The van der Waals surface area contributed by atoms with Gasteiger partial charge in [0.15, 0.2) is 5.96 Å². The third kappa shape index (κ3) is 3.24. The van der Waals surface area contributed by atoms with Crippen molar-refractivity contribution in [3.05, 3.63) is 0 Å². The number of ether oxygens (including phenoxy) is 1. The summed E-state index contributed by atoms with van der Waals surface area (Å²) in [4.78, 5) is 29.0. The van der Waals surface area contributed by atoms with Crippen LogP contribution in [-0.2, 0) is 14.3 Å². The maximum Gasteiger partial charge on any atom is 0.229 e. The van der Waals surface area contributed by atoms with Crippen LogP contribution in [0.5, 0.6) is 0 Å². The van der Waals surface area contributed by atoms with Crippen molar-refractivity contribution in [2.24, 2.45) is 4.99 Å². The van der Waals surface area contributed by atoms with Gasteiger partial charge in [-0.2, -0.15) is 0 Å². The van der Waals surface area contributed by atoms with E-state index in [1.807, 2.05) is 0 Å². The van der Waals surface area contributed by atoms with Crippen molar-refractivity contribution < 1.29 is 14.3 Å². The van der Waals surface area contributed by atoms with E-state index >= 15 is 0 Å². The molecule has 3 heterocycles. The van der Waals surface area contributed by atoms with Gasteiger partial charge in [-0.15, -0.1) is 0 Å². The van der Waals surface area contributed by atoms with Crippen molar-refractivity contribution in [1.29, 1.82) is 0 Å². The molecule has 0 saturated carbocycles. The minimum atomic E-state index is -0.0671. The van der Waals surface area contributed by atoms with Crippen molar-refractivity contribution >= 4 is 17.8 Å². The summed E-state index contributed by atoms with van der Waals surface area (Å²) in [6.07, 6.45) is 5.59. The molecule has 22 heavy (non-hydrogen) atoms. The Kier molecular flexibility index (Phi) is 4.61. The van der Waals surface area contributed by atoms with Crippen LogP contribution in [0.25, 0.3) is 0 Å². The summed E-state index contributed by atoms with van der Waals surface area (Å²) in [5.74, 6) is 0.572. The van der Waals surface area contributed by atoms with Crippen molar-refractivity contribution in [3.63, 3.8) is 0 Å². The second-order valence-corrected chi connectivity index (χ2v) is 6.15. The Labute approximate surface area is 130 Å². The van der Waals surface area contributed by atoms with Gasteiger partial charge < -0.3 is 15.4 Å². The van der Waals surface area contributed by atoms with Crippen LogP contribution >= 0.6 is 0 Å². The number of hydrogen-bond acceptors (Lipinski definition) is 4. The lowest BCUT2D eigenvalue weighted by atomic mass is 9.96. The number of imide groups is 1. The SMILES string of the molecule is CN=C(NCCN1C(=O)CCCC1=O)NC1CC2CCC1O2. The lowest BCUT2D eigenvalue weighted by Gasteiger charge is -2.26. The molecule has 3 aliphatic heterocycles. The van der Waals surface area contributed by atoms with E-state index in [4.69, 9.17) is 4.74 Å².